The van der Waals surface area contributed by atoms with Crippen molar-refractivity contribution in [2.24, 2.45) is 0 Å². The Bertz CT molecular complexity index is 253. The maximum Gasteiger partial charge on any atom is 0.631 e. The molecule has 8 nitrogen and oxygen atoms in total. The molecule has 0 aromatic heterocycles. The monoisotopic (exact) mass is 288 g/mol. The number of rotatable bonds is 0. The molecule has 1 fully saturated rings. The van der Waals surface area contributed by atoms with Crippen LogP contribution in [0.15, 0.2) is 0 Å². The van der Waals surface area contributed by atoms with Crippen LogP contribution in [0.3, 0.4) is 0 Å². The number of likely N-dealkylation sites (tertiary alicyclic amines) is 1. The summed E-state index contributed by atoms with van der Waals surface area (Å²) in [6, 6.07) is 0. The average Bonchev–Trinajstić information content (AvgIpc) is 2.71. The summed E-state index contributed by atoms with van der Waals surface area (Å²) in [5.74, 6) is -4.04. The summed E-state index contributed by atoms with van der Waals surface area (Å²) < 4.78 is 22.3. The van der Waals surface area contributed by atoms with E-state index in [2.05, 4.69) is 24.0 Å². The zero-order valence-electron chi connectivity index (χ0n) is 10.6. The van der Waals surface area contributed by atoms with E-state index in [0.717, 1.165) is 0 Å². The maximum absolute atomic E-state index is 10.5. The Morgan fingerprint density at radius 1 is 1.00 bits per heavy atom. The van der Waals surface area contributed by atoms with Gasteiger partial charge >= 0.3 is 19.3 Å². The first-order valence-corrected chi connectivity index (χ1v) is 5.18. The predicted molar refractivity (Wildman–Crippen MR) is 57.9 cm³/mol. The molecule has 0 unspecified atom stereocenters. The molecule has 0 radical (unpaired) electrons. The van der Waals surface area contributed by atoms with E-state index in [1.807, 2.05) is 0 Å². The van der Waals surface area contributed by atoms with Crippen molar-refractivity contribution in [1.82, 2.24) is 0 Å². The Balaban J connectivity index is 0. The van der Waals surface area contributed by atoms with Gasteiger partial charge in [0.2, 0.25) is 0 Å². The Labute approximate surface area is 108 Å². The van der Waals surface area contributed by atoms with Crippen LogP contribution in [0.1, 0.15) is 12.8 Å². The van der Waals surface area contributed by atoms with Crippen molar-refractivity contribution in [3.63, 3.8) is 0 Å². The fraction of sp³-hybridized carbons (Fsp3) is 0.750. The first kappa shape index (κ1) is 20.0. The Hall–Kier alpha value is -1.30. The number of carbonyl (C=O) groups is 2. The predicted octanol–water partition coefficient (Wildman–Crippen LogP) is -1.35. The lowest BCUT2D eigenvalue weighted by atomic mass is 10.3. The highest BCUT2D eigenvalue weighted by Crippen LogP contribution is 2.11. The molecule has 1 heterocycles. The van der Waals surface area contributed by atoms with E-state index in [-0.39, 0.29) is 0 Å². The molecule has 1 aliphatic heterocycles. The standard InChI is InChI=1S/C6H14N.C2F2O4.BH3O3/c1-7(2)5-3-4-6-7;3-7-1(5)2(6)8-4;2-1(3)4/h3-6H2,1-2H3;;2-4H/q+1;;. The van der Waals surface area contributed by atoms with E-state index in [1.54, 1.807) is 0 Å². The number of hydrogen-bond donors (Lipinski definition) is 3. The normalized spacial score (nSPS) is 15.1. The van der Waals surface area contributed by atoms with Gasteiger partial charge in [0.1, 0.15) is 0 Å². The van der Waals surface area contributed by atoms with E-state index in [9.17, 15) is 18.6 Å². The summed E-state index contributed by atoms with van der Waals surface area (Å²) >= 11 is 0. The van der Waals surface area contributed by atoms with Crippen molar-refractivity contribution >= 4 is 19.3 Å². The number of hydrogen-bond acceptors (Lipinski definition) is 7. The summed E-state index contributed by atoms with van der Waals surface area (Å²) in [6.07, 6.45) is 2.88. The van der Waals surface area contributed by atoms with Crippen LogP contribution in [0.2, 0.25) is 0 Å². The molecule has 19 heavy (non-hydrogen) atoms. The van der Waals surface area contributed by atoms with Crippen molar-refractivity contribution in [2.45, 2.75) is 12.8 Å². The quantitative estimate of drug-likeness (QED) is 0.287. The molecule has 0 aromatic rings. The second-order valence-corrected chi connectivity index (χ2v) is 4.17. The van der Waals surface area contributed by atoms with E-state index in [4.69, 9.17) is 15.1 Å². The Kier molecular flexibility index (Phi) is 11.2. The molecule has 0 aromatic carbocycles. The van der Waals surface area contributed by atoms with E-state index in [1.165, 1.54) is 30.4 Å². The van der Waals surface area contributed by atoms with Crippen LogP contribution >= 0.6 is 0 Å². The van der Waals surface area contributed by atoms with Crippen LogP contribution in [0.5, 0.6) is 0 Å². The van der Waals surface area contributed by atoms with Gasteiger partial charge in [-0.15, -0.1) is 0 Å². The van der Waals surface area contributed by atoms with E-state index >= 15 is 0 Å². The van der Waals surface area contributed by atoms with Crippen LogP contribution in [-0.2, 0) is 19.5 Å². The second-order valence-electron chi connectivity index (χ2n) is 4.17. The molecule has 0 aliphatic carbocycles. The minimum absolute atomic E-state index is 1.25. The largest absolute Gasteiger partial charge is 0.631 e. The maximum atomic E-state index is 10.5. The molecule has 1 saturated heterocycles. The smallest absolute Gasteiger partial charge is 0.402 e. The van der Waals surface area contributed by atoms with E-state index in [0.29, 0.717) is 0 Å². The number of carbonyl (C=O) groups excluding carboxylic acids is 2. The second kappa shape index (κ2) is 10.6. The van der Waals surface area contributed by atoms with Crippen LogP contribution in [0, 0.1) is 0 Å². The summed E-state index contributed by atoms with van der Waals surface area (Å²) in [4.78, 5) is 23.4. The Morgan fingerprint density at radius 2 is 1.26 bits per heavy atom. The van der Waals surface area contributed by atoms with Gasteiger partial charge in [0.15, 0.2) is 0 Å². The van der Waals surface area contributed by atoms with Crippen molar-refractivity contribution < 1.29 is 48.1 Å². The van der Waals surface area contributed by atoms with E-state index < -0.39 is 19.3 Å². The highest BCUT2D eigenvalue weighted by Gasteiger charge is 2.20. The van der Waals surface area contributed by atoms with Gasteiger partial charge in [-0.2, -0.15) is 0 Å². The first-order valence-electron chi connectivity index (χ1n) is 5.18. The molecule has 0 atom stereocenters. The van der Waals surface area contributed by atoms with Gasteiger partial charge in [-0.3, -0.25) is 0 Å². The van der Waals surface area contributed by atoms with Crippen LogP contribution in [0.25, 0.3) is 0 Å². The molecule has 0 saturated carbocycles. The van der Waals surface area contributed by atoms with Gasteiger partial charge in [0.25, 0.3) is 0 Å². The van der Waals surface area contributed by atoms with Crippen molar-refractivity contribution in [3.05, 3.63) is 0 Å². The van der Waals surface area contributed by atoms with Gasteiger partial charge in [-0.25, -0.2) is 19.5 Å². The van der Waals surface area contributed by atoms with Crippen LogP contribution in [-0.4, -0.2) is 66.0 Å². The number of halogens is 2. The number of nitrogens with zero attached hydrogens (tertiary/aromatic N) is 1. The lowest BCUT2D eigenvalue weighted by molar-refractivity contribution is -0.877. The minimum atomic E-state index is -2.17. The highest BCUT2D eigenvalue weighted by molar-refractivity contribution is 6.30. The third-order valence-electron chi connectivity index (χ3n) is 2.08. The fourth-order valence-electron chi connectivity index (χ4n) is 1.25. The molecular weight excluding hydrogens is 271 g/mol. The third kappa shape index (κ3) is 14.6. The van der Waals surface area contributed by atoms with Crippen molar-refractivity contribution in [3.8, 4) is 0 Å². The molecular formula is C8H17BF2NO7+. The lowest BCUT2D eigenvalue weighted by Crippen LogP contribution is -2.35. The summed E-state index contributed by atoms with van der Waals surface area (Å²) in [6.45, 7) is 2.78. The molecule has 1 aliphatic rings. The minimum Gasteiger partial charge on any atom is -0.402 e. The highest BCUT2D eigenvalue weighted by atomic mass is 19.3. The molecule has 0 bridgehead atoms. The van der Waals surface area contributed by atoms with Crippen molar-refractivity contribution in [1.29, 1.82) is 0 Å². The molecule has 1 rings (SSSR count). The Morgan fingerprint density at radius 3 is 1.37 bits per heavy atom. The SMILES string of the molecule is C[N+]1(C)CCCC1.O=C(OF)C(=O)OF.OB(O)O. The molecule has 112 valence electrons. The first-order chi connectivity index (χ1) is 8.66. The fourth-order valence-corrected chi connectivity index (χ4v) is 1.25. The summed E-state index contributed by atoms with van der Waals surface area (Å²) in [5, 5.41) is 21.5. The molecule has 0 spiro atoms. The number of quaternary nitrogens is 1. The average molecular weight is 288 g/mol. The van der Waals surface area contributed by atoms with Gasteiger partial charge in [-0.1, -0.05) is 0 Å². The molecule has 0 amide bonds. The summed E-state index contributed by atoms with van der Waals surface area (Å²) in [7, 11) is 2.43. The topological polar surface area (TPSA) is 113 Å². The van der Waals surface area contributed by atoms with Gasteiger partial charge < -0.3 is 19.6 Å². The third-order valence-corrected chi connectivity index (χ3v) is 2.08. The summed E-state index contributed by atoms with van der Waals surface area (Å²) in [5.41, 5.74) is 0. The lowest BCUT2D eigenvalue weighted by Gasteiger charge is -2.21. The molecule has 3 N–H and O–H groups in total. The van der Waals surface area contributed by atoms with Crippen LogP contribution in [0.4, 0.5) is 9.05 Å². The van der Waals surface area contributed by atoms with Gasteiger partial charge in [0.05, 0.1) is 27.2 Å². The van der Waals surface area contributed by atoms with Crippen molar-refractivity contribution in [2.75, 3.05) is 27.2 Å². The van der Waals surface area contributed by atoms with Crippen LogP contribution < -0.4 is 0 Å². The van der Waals surface area contributed by atoms with Gasteiger partial charge in [0, 0.05) is 21.9 Å². The zero-order valence-corrected chi connectivity index (χ0v) is 10.6. The molecule has 11 heteroatoms. The van der Waals surface area contributed by atoms with Gasteiger partial charge in [-0.05, 0) is 0 Å². The zero-order chi connectivity index (χ0) is 15.5.